The first-order chi connectivity index (χ1) is 9.01. The Labute approximate surface area is 123 Å². The van der Waals surface area contributed by atoms with Gasteiger partial charge in [0.05, 0.1) is 25.7 Å². The maximum Gasteiger partial charge on any atom is 0.269 e. The molecule has 0 aliphatic heterocycles. The molecule has 0 aromatic carbocycles. The maximum absolute atomic E-state index is 12.0. The minimum atomic E-state index is -0.248. The fraction of sp³-hybridized carbons (Fsp3) is 0.250. The lowest BCUT2D eigenvalue weighted by Crippen LogP contribution is -2.22. The van der Waals surface area contributed by atoms with Crippen molar-refractivity contribution in [3.05, 3.63) is 49.8 Å². The predicted molar refractivity (Wildman–Crippen MR) is 75.8 cm³/mol. The molecule has 2 heterocycles. The van der Waals surface area contributed by atoms with Gasteiger partial charge in [0.2, 0.25) is 0 Å². The fourth-order valence-electron chi connectivity index (χ4n) is 1.63. The average Bonchev–Trinajstić information content (AvgIpc) is 2.39. The highest BCUT2D eigenvalue weighted by Gasteiger charge is 2.08. The summed E-state index contributed by atoms with van der Waals surface area (Å²) in [5, 5.41) is 0.149. The van der Waals surface area contributed by atoms with Crippen molar-refractivity contribution in [3.63, 3.8) is 0 Å². The molecule has 2 aromatic rings. The molecule has 0 saturated carbocycles. The van der Waals surface area contributed by atoms with E-state index in [-0.39, 0.29) is 15.2 Å². The van der Waals surface area contributed by atoms with E-state index < -0.39 is 0 Å². The van der Waals surface area contributed by atoms with E-state index in [1.54, 1.807) is 13.2 Å². The Kier molecular flexibility index (Phi) is 4.21. The SMILES string of the molecule is COc1cc(C)nc(Cn2cnc(Cl)c(Br)c2=O)c1. The minimum Gasteiger partial charge on any atom is -0.497 e. The summed E-state index contributed by atoms with van der Waals surface area (Å²) in [5.74, 6) is 0.705. The van der Waals surface area contributed by atoms with E-state index in [1.807, 2.05) is 13.0 Å². The van der Waals surface area contributed by atoms with Gasteiger partial charge >= 0.3 is 0 Å². The molecule has 0 spiro atoms. The number of hydrogen-bond acceptors (Lipinski definition) is 4. The van der Waals surface area contributed by atoms with Crippen LogP contribution in [0.15, 0.2) is 27.7 Å². The topological polar surface area (TPSA) is 57.0 Å². The Balaban J connectivity index is 2.39. The number of pyridine rings is 1. The lowest BCUT2D eigenvalue weighted by molar-refractivity contribution is 0.412. The van der Waals surface area contributed by atoms with Crippen LogP contribution in [0.25, 0.3) is 0 Å². The highest BCUT2D eigenvalue weighted by Crippen LogP contribution is 2.16. The molecule has 5 nitrogen and oxygen atoms in total. The zero-order chi connectivity index (χ0) is 14.0. The minimum absolute atomic E-state index is 0.149. The number of aryl methyl sites for hydroxylation is 1. The molecule has 0 N–H and O–H groups in total. The van der Waals surface area contributed by atoms with Crippen LogP contribution in [-0.2, 0) is 6.54 Å². The molecule has 0 bridgehead atoms. The molecular formula is C12H11BrClN3O2. The Morgan fingerprint density at radius 1 is 1.47 bits per heavy atom. The van der Waals surface area contributed by atoms with Gasteiger partial charge in [-0.2, -0.15) is 0 Å². The predicted octanol–water partition coefficient (Wildman–Crippen LogP) is 2.42. The van der Waals surface area contributed by atoms with Gasteiger partial charge in [-0.25, -0.2) is 4.98 Å². The molecule has 0 aliphatic rings. The van der Waals surface area contributed by atoms with Crippen molar-refractivity contribution < 1.29 is 4.74 Å². The van der Waals surface area contributed by atoms with E-state index >= 15 is 0 Å². The van der Waals surface area contributed by atoms with E-state index in [2.05, 4.69) is 25.9 Å². The van der Waals surface area contributed by atoms with Crippen molar-refractivity contribution in [2.45, 2.75) is 13.5 Å². The first kappa shape index (κ1) is 14.0. The van der Waals surface area contributed by atoms with Gasteiger partial charge < -0.3 is 4.74 Å². The van der Waals surface area contributed by atoms with E-state index in [9.17, 15) is 4.79 Å². The van der Waals surface area contributed by atoms with Crippen LogP contribution in [0.2, 0.25) is 5.15 Å². The van der Waals surface area contributed by atoms with Crippen molar-refractivity contribution in [2.75, 3.05) is 7.11 Å². The molecule has 0 atom stereocenters. The summed E-state index contributed by atoms with van der Waals surface area (Å²) < 4.78 is 6.85. The standard InChI is InChI=1S/C12H11BrClN3O2/c1-7-3-9(19-2)4-8(16-7)5-17-6-15-11(14)10(13)12(17)18/h3-4,6H,5H2,1-2H3. The highest BCUT2D eigenvalue weighted by molar-refractivity contribution is 9.10. The normalized spacial score (nSPS) is 10.5. The molecule has 0 fully saturated rings. The van der Waals surface area contributed by atoms with Crippen molar-refractivity contribution in [2.24, 2.45) is 0 Å². The second-order valence-electron chi connectivity index (χ2n) is 3.92. The van der Waals surface area contributed by atoms with Crippen LogP contribution in [0, 0.1) is 6.92 Å². The molecule has 100 valence electrons. The summed E-state index contributed by atoms with van der Waals surface area (Å²) in [5.41, 5.74) is 1.29. The summed E-state index contributed by atoms with van der Waals surface area (Å²) in [6.07, 6.45) is 1.39. The number of ether oxygens (including phenoxy) is 1. The van der Waals surface area contributed by atoms with Crippen LogP contribution < -0.4 is 10.3 Å². The molecule has 0 unspecified atom stereocenters. The van der Waals surface area contributed by atoms with E-state index in [4.69, 9.17) is 16.3 Å². The fourth-order valence-corrected chi connectivity index (χ4v) is 2.09. The number of methoxy groups -OCH3 is 1. The van der Waals surface area contributed by atoms with Gasteiger partial charge in [-0.05, 0) is 22.9 Å². The first-order valence-corrected chi connectivity index (χ1v) is 6.60. The summed E-state index contributed by atoms with van der Waals surface area (Å²) >= 11 is 8.87. The van der Waals surface area contributed by atoms with Gasteiger partial charge in [-0.15, -0.1) is 0 Å². The Morgan fingerprint density at radius 3 is 2.89 bits per heavy atom. The molecule has 0 aliphatic carbocycles. The third-order valence-corrected chi connectivity index (χ3v) is 3.72. The summed E-state index contributed by atoms with van der Waals surface area (Å²) in [7, 11) is 1.59. The Hall–Kier alpha value is -1.40. The molecule has 0 radical (unpaired) electrons. The number of hydrogen-bond donors (Lipinski definition) is 0. The Bertz CT molecular complexity index is 673. The average molecular weight is 345 g/mol. The number of halogens is 2. The van der Waals surface area contributed by atoms with Gasteiger partial charge in [-0.1, -0.05) is 11.6 Å². The molecule has 2 rings (SSSR count). The second kappa shape index (κ2) is 5.71. The number of aromatic nitrogens is 3. The van der Waals surface area contributed by atoms with Crippen LogP contribution in [0.1, 0.15) is 11.4 Å². The Morgan fingerprint density at radius 2 is 2.21 bits per heavy atom. The van der Waals surface area contributed by atoms with Crippen molar-refractivity contribution in [3.8, 4) is 5.75 Å². The number of rotatable bonds is 3. The van der Waals surface area contributed by atoms with Crippen LogP contribution in [-0.4, -0.2) is 21.6 Å². The first-order valence-electron chi connectivity index (χ1n) is 5.43. The molecular weight excluding hydrogens is 334 g/mol. The quantitative estimate of drug-likeness (QED) is 0.803. The van der Waals surface area contributed by atoms with E-state index in [0.717, 1.165) is 11.4 Å². The molecule has 7 heteroatoms. The maximum atomic E-state index is 12.0. The third-order valence-electron chi connectivity index (χ3n) is 2.49. The largest absolute Gasteiger partial charge is 0.497 e. The van der Waals surface area contributed by atoms with Crippen molar-refractivity contribution in [1.82, 2.24) is 14.5 Å². The highest BCUT2D eigenvalue weighted by atomic mass is 79.9. The van der Waals surface area contributed by atoms with Gasteiger partial charge in [0.25, 0.3) is 5.56 Å². The molecule has 2 aromatic heterocycles. The summed E-state index contributed by atoms with van der Waals surface area (Å²) in [4.78, 5) is 20.2. The van der Waals surface area contributed by atoms with Crippen LogP contribution in [0.5, 0.6) is 5.75 Å². The molecule has 19 heavy (non-hydrogen) atoms. The van der Waals surface area contributed by atoms with Gasteiger partial charge in [0, 0.05) is 17.8 Å². The van der Waals surface area contributed by atoms with Crippen molar-refractivity contribution >= 4 is 27.5 Å². The smallest absolute Gasteiger partial charge is 0.269 e. The summed E-state index contributed by atoms with van der Waals surface area (Å²) in [6.45, 7) is 2.17. The van der Waals surface area contributed by atoms with E-state index in [0.29, 0.717) is 12.3 Å². The van der Waals surface area contributed by atoms with Crippen LogP contribution in [0.3, 0.4) is 0 Å². The van der Waals surface area contributed by atoms with Crippen LogP contribution >= 0.6 is 27.5 Å². The zero-order valence-electron chi connectivity index (χ0n) is 10.4. The lowest BCUT2D eigenvalue weighted by atomic mass is 10.3. The monoisotopic (exact) mass is 343 g/mol. The molecule has 0 amide bonds. The van der Waals surface area contributed by atoms with Crippen LogP contribution in [0.4, 0.5) is 0 Å². The third kappa shape index (κ3) is 3.13. The van der Waals surface area contributed by atoms with E-state index in [1.165, 1.54) is 10.9 Å². The van der Waals surface area contributed by atoms with Gasteiger partial charge in [0.1, 0.15) is 10.2 Å². The second-order valence-corrected chi connectivity index (χ2v) is 5.07. The lowest BCUT2D eigenvalue weighted by Gasteiger charge is -2.08. The van der Waals surface area contributed by atoms with Gasteiger partial charge in [-0.3, -0.25) is 14.3 Å². The zero-order valence-corrected chi connectivity index (χ0v) is 12.7. The molecule has 0 saturated heterocycles. The number of nitrogens with zero attached hydrogens (tertiary/aromatic N) is 3. The van der Waals surface area contributed by atoms with Gasteiger partial charge in [0.15, 0.2) is 5.15 Å². The van der Waals surface area contributed by atoms with Crippen molar-refractivity contribution in [1.29, 1.82) is 0 Å². The summed E-state index contributed by atoms with van der Waals surface area (Å²) in [6, 6.07) is 3.60.